The Morgan fingerprint density at radius 2 is 1.53 bits per heavy atom. The van der Waals surface area contributed by atoms with Gasteiger partial charge in [-0.2, -0.15) is 0 Å². The Morgan fingerprint density at radius 1 is 1.06 bits per heavy atom. The molecule has 0 aromatic rings. The van der Waals surface area contributed by atoms with Crippen LogP contribution in [-0.2, 0) is 14.3 Å². The minimum absolute atomic E-state index is 0.134. The van der Waals surface area contributed by atoms with Crippen LogP contribution in [0.15, 0.2) is 0 Å². The number of carbonyl (C=O) groups is 2. The number of carbonyl (C=O) groups excluding carboxylic acids is 1. The van der Waals surface area contributed by atoms with Gasteiger partial charge in [-0.3, -0.25) is 9.59 Å². The average Bonchev–Trinajstić information content (AvgIpc) is 2.30. The highest BCUT2D eigenvalue weighted by molar-refractivity contribution is 5.69. The van der Waals surface area contributed by atoms with E-state index >= 15 is 0 Å². The Morgan fingerprint density at radius 3 is 1.88 bits per heavy atom. The second-order valence-electron chi connectivity index (χ2n) is 3.38. The third-order valence-electron chi connectivity index (χ3n) is 1.85. The van der Waals surface area contributed by atoms with Crippen LogP contribution in [0.4, 0.5) is 0 Å². The molecular formula is C11H24N2O4. The van der Waals surface area contributed by atoms with Crippen LogP contribution in [0.25, 0.3) is 0 Å². The van der Waals surface area contributed by atoms with Crippen molar-refractivity contribution < 1.29 is 19.4 Å². The molecule has 0 radical (unpaired) electrons. The standard InChI is InChI=1S/C6H13NO2.C5H11NO2/c1-7-5-3-4-6(8)9-2;1-6-4-2-3-5(7)8/h7H,3-5H2,1-2H3;6H,2-4H2,1H3,(H,7,8). The van der Waals surface area contributed by atoms with Crippen molar-refractivity contribution in [1.82, 2.24) is 10.6 Å². The molecule has 0 saturated carbocycles. The molecule has 6 nitrogen and oxygen atoms in total. The van der Waals surface area contributed by atoms with E-state index in [4.69, 9.17) is 5.11 Å². The molecule has 0 amide bonds. The molecule has 6 heteroatoms. The second kappa shape index (κ2) is 14.9. The van der Waals surface area contributed by atoms with Crippen LogP contribution in [0.3, 0.4) is 0 Å². The van der Waals surface area contributed by atoms with E-state index in [1.54, 1.807) is 0 Å². The van der Waals surface area contributed by atoms with Gasteiger partial charge in [0.1, 0.15) is 0 Å². The van der Waals surface area contributed by atoms with Crippen molar-refractivity contribution in [3.8, 4) is 0 Å². The number of rotatable bonds is 8. The van der Waals surface area contributed by atoms with Gasteiger partial charge in [-0.1, -0.05) is 0 Å². The van der Waals surface area contributed by atoms with E-state index in [2.05, 4.69) is 15.4 Å². The molecule has 0 spiro atoms. The number of hydrogen-bond acceptors (Lipinski definition) is 5. The zero-order chi connectivity index (χ0) is 13.5. The highest BCUT2D eigenvalue weighted by Gasteiger charge is 1.96. The van der Waals surface area contributed by atoms with Crippen molar-refractivity contribution in [3.05, 3.63) is 0 Å². The summed E-state index contributed by atoms with van der Waals surface area (Å²) in [4.78, 5) is 20.3. The van der Waals surface area contributed by atoms with Crippen LogP contribution in [0.5, 0.6) is 0 Å². The second-order valence-corrected chi connectivity index (χ2v) is 3.38. The first kappa shape index (κ1) is 18.2. The van der Waals surface area contributed by atoms with Gasteiger partial charge in [0.2, 0.25) is 0 Å². The number of nitrogens with one attached hydrogen (secondary N) is 2. The van der Waals surface area contributed by atoms with Gasteiger partial charge in [-0.25, -0.2) is 0 Å². The Kier molecular flexibility index (Phi) is 15.9. The van der Waals surface area contributed by atoms with Gasteiger partial charge in [0.25, 0.3) is 0 Å². The zero-order valence-corrected chi connectivity index (χ0v) is 10.9. The zero-order valence-electron chi connectivity index (χ0n) is 10.9. The predicted molar refractivity (Wildman–Crippen MR) is 66.0 cm³/mol. The molecule has 0 aromatic heterocycles. The van der Waals surface area contributed by atoms with Crippen molar-refractivity contribution >= 4 is 11.9 Å². The molecule has 0 unspecified atom stereocenters. The van der Waals surface area contributed by atoms with Crippen LogP contribution in [0.1, 0.15) is 25.7 Å². The fraction of sp³-hybridized carbons (Fsp3) is 0.818. The Hall–Kier alpha value is -1.14. The smallest absolute Gasteiger partial charge is 0.305 e. The summed E-state index contributed by atoms with van der Waals surface area (Å²) in [5.41, 5.74) is 0. The Balaban J connectivity index is 0. The average molecular weight is 248 g/mol. The van der Waals surface area contributed by atoms with E-state index in [1.165, 1.54) is 7.11 Å². The highest BCUT2D eigenvalue weighted by atomic mass is 16.5. The molecule has 0 bridgehead atoms. The number of hydrogen-bond donors (Lipinski definition) is 3. The number of methoxy groups -OCH3 is 1. The molecule has 17 heavy (non-hydrogen) atoms. The Labute approximate surface area is 103 Å². The monoisotopic (exact) mass is 248 g/mol. The molecule has 0 aliphatic rings. The summed E-state index contributed by atoms with van der Waals surface area (Å²) >= 11 is 0. The summed E-state index contributed by atoms with van der Waals surface area (Å²) < 4.78 is 4.43. The third-order valence-corrected chi connectivity index (χ3v) is 1.85. The summed E-state index contributed by atoms with van der Waals surface area (Å²) in [6, 6.07) is 0. The van der Waals surface area contributed by atoms with Crippen LogP contribution in [0.2, 0.25) is 0 Å². The quantitative estimate of drug-likeness (QED) is 0.421. The van der Waals surface area contributed by atoms with Gasteiger partial charge in [-0.05, 0) is 40.0 Å². The number of carboxylic acids is 1. The van der Waals surface area contributed by atoms with Gasteiger partial charge in [0, 0.05) is 12.8 Å². The summed E-state index contributed by atoms with van der Waals surface area (Å²) in [6.07, 6.45) is 2.34. The largest absolute Gasteiger partial charge is 0.481 e. The fourth-order valence-corrected chi connectivity index (χ4v) is 0.928. The fourth-order valence-electron chi connectivity index (χ4n) is 0.928. The molecule has 0 aromatic carbocycles. The first-order valence-electron chi connectivity index (χ1n) is 5.66. The number of aliphatic carboxylic acids is 1. The van der Waals surface area contributed by atoms with Gasteiger partial charge >= 0.3 is 11.9 Å². The molecule has 3 N–H and O–H groups in total. The van der Waals surface area contributed by atoms with E-state index in [9.17, 15) is 9.59 Å². The lowest BCUT2D eigenvalue weighted by atomic mass is 10.3. The molecular weight excluding hydrogens is 224 g/mol. The van der Waals surface area contributed by atoms with Crippen LogP contribution in [-0.4, -0.2) is 51.3 Å². The summed E-state index contributed by atoms with van der Waals surface area (Å²) in [5, 5.41) is 13.9. The van der Waals surface area contributed by atoms with Gasteiger partial charge in [0.05, 0.1) is 7.11 Å². The molecule has 0 fully saturated rings. The number of esters is 1. The van der Waals surface area contributed by atoms with Crippen molar-refractivity contribution in [1.29, 1.82) is 0 Å². The van der Waals surface area contributed by atoms with Crippen LogP contribution in [0, 0.1) is 0 Å². The van der Waals surface area contributed by atoms with Crippen molar-refractivity contribution in [2.24, 2.45) is 0 Å². The lowest BCUT2D eigenvalue weighted by Gasteiger charge is -1.96. The van der Waals surface area contributed by atoms with Gasteiger partial charge in [-0.15, -0.1) is 0 Å². The van der Waals surface area contributed by atoms with E-state index in [0.29, 0.717) is 12.8 Å². The number of ether oxygens (including phenoxy) is 1. The van der Waals surface area contributed by atoms with E-state index in [0.717, 1.165) is 19.5 Å². The normalized spacial score (nSPS) is 9.12. The van der Waals surface area contributed by atoms with Gasteiger partial charge < -0.3 is 20.5 Å². The molecule has 0 saturated heterocycles. The molecule has 0 aliphatic carbocycles. The van der Waals surface area contributed by atoms with Crippen molar-refractivity contribution in [3.63, 3.8) is 0 Å². The maximum absolute atomic E-state index is 10.4. The molecule has 0 aliphatic heterocycles. The SMILES string of the molecule is CNCCCC(=O)O.CNCCCC(=O)OC. The third kappa shape index (κ3) is 20.8. The van der Waals surface area contributed by atoms with Crippen LogP contribution < -0.4 is 10.6 Å². The van der Waals surface area contributed by atoms with Crippen molar-refractivity contribution in [2.45, 2.75) is 25.7 Å². The van der Waals surface area contributed by atoms with E-state index < -0.39 is 5.97 Å². The molecule has 102 valence electrons. The van der Waals surface area contributed by atoms with Gasteiger partial charge in [0.15, 0.2) is 0 Å². The predicted octanol–water partition coefficient (Wildman–Crippen LogP) is 0.230. The van der Waals surface area contributed by atoms with Crippen molar-refractivity contribution in [2.75, 3.05) is 34.3 Å². The maximum atomic E-state index is 10.4. The highest BCUT2D eigenvalue weighted by Crippen LogP contribution is 1.88. The first-order valence-corrected chi connectivity index (χ1v) is 5.66. The lowest BCUT2D eigenvalue weighted by Crippen LogP contribution is -2.10. The minimum Gasteiger partial charge on any atom is -0.481 e. The lowest BCUT2D eigenvalue weighted by molar-refractivity contribution is -0.140. The summed E-state index contributed by atoms with van der Waals surface area (Å²) in [5.74, 6) is -0.856. The van der Waals surface area contributed by atoms with E-state index in [-0.39, 0.29) is 12.4 Å². The first-order chi connectivity index (χ1) is 8.08. The molecule has 0 atom stereocenters. The topological polar surface area (TPSA) is 87.7 Å². The van der Waals surface area contributed by atoms with Crippen LogP contribution >= 0.6 is 0 Å². The Bertz CT molecular complexity index is 198. The summed E-state index contributed by atoms with van der Waals surface area (Å²) in [7, 11) is 5.07. The number of carboxylic acid groups (broad SMARTS) is 1. The maximum Gasteiger partial charge on any atom is 0.305 e. The van der Waals surface area contributed by atoms with E-state index in [1.807, 2.05) is 14.1 Å². The summed E-state index contributed by atoms with van der Waals surface area (Å²) in [6.45, 7) is 1.65. The minimum atomic E-state index is -0.722. The molecule has 0 heterocycles. The molecule has 0 rings (SSSR count).